The highest BCUT2D eigenvalue weighted by Crippen LogP contribution is 2.61. The van der Waals surface area contributed by atoms with E-state index < -0.39 is 11.5 Å². The molecule has 0 spiro atoms. The molecule has 0 bridgehead atoms. The molecule has 1 saturated heterocycles. The van der Waals surface area contributed by atoms with E-state index >= 15 is 0 Å². The Morgan fingerprint density at radius 1 is 1.54 bits per heavy atom. The zero-order valence-corrected chi connectivity index (χ0v) is 15.1. The monoisotopic (exact) mass is 357 g/mol. The first-order valence-electron chi connectivity index (χ1n) is 8.39. The standard InChI is InChI=1S/C15H27N5O3S/c1-4-24-10(5-9(22)7-21)6-11-13(24)12(16)8(2)15(11,3)14-17-18-19-20(14)23/h4,8-13,21-23H,5-7,16H2,1-3H3. The molecule has 9 heteroatoms. The van der Waals surface area contributed by atoms with Crippen molar-refractivity contribution in [1.82, 2.24) is 20.4 Å². The van der Waals surface area contributed by atoms with Crippen molar-refractivity contribution in [2.45, 2.75) is 61.7 Å². The molecule has 8 nitrogen and oxygen atoms in total. The number of hydrogen-bond donors (Lipinski definition) is 4. The number of rotatable bonds is 4. The summed E-state index contributed by atoms with van der Waals surface area (Å²) in [5, 5.41) is 43.2. The number of nitrogens with zero attached hydrogens (tertiary/aromatic N) is 4. The van der Waals surface area contributed by atoms with Gasteiger partial charge in [-0.3, -0.25) is 0 Å². The van der Waals surface area contributed by atoms with E-state index in [0.29, 0.717) is 12.2 Å². The molecule has 5 N–H and O–H groups in total. The third-order valence-corrected chi connectivity index (χ3v) is 9.21. The molecule has 136 valence electrons. The van der Waals surface area contributed by atoms with Gasteiger partial charge in [0.1, 0.15) is 0 Å². The van der Waals surface area contributed by atoms with Crippen LogP contribution in [0.25, 0.3) is 0 Å². The molecule has 24 heavy (non-hydrogen) atoms. The summed E-state index contributed by atoms with van der Waals surface area (Å²) in [5.74, 6) is 0.818. The molecule has 1 aromatic rings. The molecule has 2 fully saturated rings. The molecule has 1 aromatic heterocycles. The van der Waals surface area contributed by atoms with Crippen LogP contribution in [0.4, 0.5) is 0 Å². The second-order valence-electron chi connectivity index (χ2n) is 7.19. The molecule has 0 aromatic carbocycles. The van der Waals surface area contributed by atoms with Gasteiger partial charge in [0.05, 0.1) is 12.7 Å². The van der Waals surface area contributed by atoms with Gasteiger partial charge >= 0.3 is 0 Å². The van der Waals surface area contributed by atoms with Gasteiger partial charge in [-0.05, 0) is 42.0 Å². The predicted octanol–water partition coefficient (Wildman–Crippen LogP) is -0.263. The minimum Gasteiger partial charge on any atom is -0.409 e. The lowest BCUT2D eigenvalue weighted by Crippen LogP contribution is -2.40. The van der Waals surface area contributed by atoms with E-state index in [9.17, 15) is 15.4 Å². The first kappa shape index (κ1) is 17.8. The normalized spacial score (nSPS) is 43.2. The van der Waals surface area contributed by atoms with Crippen molar-refractivity contribution in [1.29, 1.82) is 0 Å². The largest absolute Gasteiger partial charge is 0.409 e. The number of hydrogen-bond acceptors (Lipinski definition) is 7. The number of nitrogens with two attached hydrogens (primary N) is 1. The molecule has 2 heterocycles. The SMILES string of the molecule is CC=S1C(CC(O)CO)CC2C1C(N)C(C)C2(C)c1nnnn1O. The average molecular weight is 357 g/mol. The maximum Gasteiger partial charge on any atom is 0.198 e. The van der Waals surface area contributed by atoms with Crippen LogP contribution in [-0.4, -0.2) is 70.4 Å². The van der Waals surface area contributed by atoms with Crippen LogP contribution in [0.1, 0.15) is 39.4 Å². The summed E-state index contributed by atoms with van der Waals surface area (Å²) in [6.07, 6.45) is 0.751. The Balaban J connectivity index is 2.00. The summed E-state index contributed by atoms with van der Waals surface area (Å²) in [4.78, 5) is 0.773. The summed E-state index contributed by atoms with van der Waals surface area (Å²) in [5.41, 5.74) is 6.18. The highest BCUT2D eigenvalue weighted by atomic mass is 32.2. The average Bonchev–Trinajstić information content (AvgIpc) is 3.20. The lowest BCUT2D eigenvalue weighted by Gasteiger charge is -2.33. The van der Waals surface area contributed by atoms with E-state index in [2.05, 4.69) is 34.7 Å². The Morgan fingerprint density at radius 3 is 2.79 bits per heavy atom. The Bertz CT molecular complexity index is 638. The maximum absolute atomic E-state index is 10.0. The fourth-order valence-electron chi connectivity index (χ4n) is 4.81. The zero-order valence-electron chi connectivity index (χ0n) is 14.3. The van der Waals surface area contributed by atoms with Crippen LogP contribution in [0.5, 0.6) is 0 Å². The lowest BCUT2D eigenvalue weighted by molar-refractivity contribution is 0.0841. The van der Waals surface area contributed by atoms with E-state index in [1.807, 2.05) is 6.92 Å². The summed E-state index contributed by atoms with van der Waals surface area (Å²) >= 11 is 0. The lowest BCUT2D eigenvalue weighted by atomic mass is 9.71. The van der Waals surface area contributed by atoms with E-state index in [-0.39, 0.29) is 45.5 Å². The molecule has 1 aliphatic heterocycles. The van der Waals surface area contributed by atoms with Crippen molar-refractivity contribution >= 4 is 15.9 Å². The maximum atomic E-state index is 10.0. The first-order valence-corrected chi connectivity index (χ1v) is 9.80. The number of tetrazole rings is 1. The second-order valence-corrected chi connectivity index (χ2v) is 9.68. The molecule has 0 amide bonds. The number of aliphatic hydroxyl groups excluding tert-OH is 2. The highest BCUT2D eigenvalue weighted by Gasteiger charge is 2.62. The van der Waals surface area contributed by atoms with E-state index in [1.165, 1.54) is 0 Å². The molecule has 1 aliphatic carbocycles. The molecule has 0 radical (unpaired) electrons. The topological polar surface area (TPSA) is 130 Å². The third-order valence-electron chi connectivity index (χ3n) is 6.24. The molecule has 2 aliphatic rings. The Labute approximate surface area is 143 Å². The van der Waals surface area contributed by atoms with Crippen LogP contribution in [0, 0.1) is 11.8 Å². The molecule has 8 atom stereocenters. The highest BCUT2D eigenvalue weighted by molar-refractivity contribution is 8.16. The van der Waals surface area contributed by atoms with Crippen LogP contribution in [-0.2, 0) is 5.41 Å². The minimum absolute atomic E-state index is 0.0208. The van der Waals surface area contributed by atoms with E-state index in [1.54, 1.807) is 0 Å². The quantitative estimate of drug-likeness (QED) is 0.431. The van der Waals surface area contributed by atoms with Crippen molar-refractivity contribution in [2.75, 3.05) is 6.61 Å². The van der Waals surface area contributed by atoms with Crippen LogP contribution < -0.4 is 5.73 Å². The van der Waals surface area contributed by atoms with Crippen molar-refractivity contribution in [3.63, 3.8) is 0 Å². The Hall–Kier alpha value is -1.03. The van der Waals surface area contributed by atoms with Gasteiger partial charge in [0.2, 0.25) is 0 Å². The van der Waals surface area contributed by atoms with E-state index in [0.717, 1.165) is 11.3 Å². The number of fused-ring (bicyclic) bond motifs is 1. The number of aliphatic hydroxyl groups is 2. The Morgan fingerprint density at radius 2 is 2.25 bits per heavy atom. The van der Waals surface area contributed by atoms with Gasteiger partial charge in [-0.15, -0.1) is 5.10 Å². The smallest absolute Gasteiger partial charge is 0.198 e. The van der Waals surface area contributed by atoms with Gasteiger partial charge < -0.3 is 21.2 Å². The predicted molar refractivity (Wildman–Crippen MR) is 92.2 cm³/mol. The van der Waals surface area contributed by atoms with Gasteiger partial charge in [-0.1, -0.05) is 24.1 Å². The van der Waals surface area contributed by atoms with Crippen LogP contribution in [0.2, 0.25) is 0 Å². The van der Waals surface area contributed by atoms with Gasteiger partial charge in [-0.25, -0.2) is 0 Å². The molecule has 1 saturated carbocycles. The second kappa shape index (κ2) is 6.36. The Kier molecular flexibility index (Phi) is 4.71. The molecule has 8 unspecified atom stereocenters. The van der Waals surface area contributed by atoms with Crippen molar-refractivity contribution in [3.8, 4) is 0 Å². The van der Waals surface area contributed by atoms with Gasteiger partial charge in [-0.2, -0.15) is 10.5 Å². The van der Waals surface area contributed by atoms with Crippen molar-refractivity contribution in [2.24, 2.45) is 17.6 Å². The summed E-state index contributed by atoms with van der Waals surface area (Å²) in [7, 11) is -0.0458. The van der Waals surface area contributed by atoms with Crippen LogP contribution >= 0.6 is 10.5 Å². The molecular formula is C15H27N5O3S. The molecule has 3 rings (SSSR count). The fraction of sp³-hybridized carbons (Fsp3) is 0.867. The van der Waals surface area contributed by atoms with E-state index in [4.69, 9.17) is 5.73 Å². The summed E-state index contributed by atoms with van der Waals surface area (Å²) in [6, 6.07) is -0.0208. The first-order chi connectivity index (χ1) is 11.4. The van der Waals surface area contributed by atoms with Gasteiger partial charge in [0.15, 0.2) is 5.82 Å². The van der Waals surface area contributed by atoms with Crippen molar-refractivity contribution < 1.29 is 15.4 Å². The van der Waals surface area contributed by atoms with Gasteiger partial charge in [0.25, 0.3) is 0 Å². The van der Waals surface area contributed by atoms with Gasteiger partial charge in [0, 0.05) is 22.0 Å². The van der Waals surface area contributed by atoms with Crippen LogP contribution in [0.3, 0.4) is 0 Å². The molecular weight excluding hydrogens is 330 g/mol. The minimum atomic E-state index is -0.702. The zero-order chi connectivity index (χ0) is 17.6. The number of aromatic nitrogens is 4. The summed E-state index contributed by atoms with van der Waals surface area (Å²) < 4.78 is 0. The van der Waals surface area contributed by atoms with Crippen LogP contribution in [0.15, 0.2) is 0 Å². The van der Waals surface area contributed by atoms with Crippen molar-refractivity contribution in [3.05, 3.63) is 5.82 Å². The fourth-order valence-corrected chi connectivity index (χ4v) is 8.20. The third kappa shape index (κ3) is 2.40. The summed E-state index contributed by atoms with van der Waals surface area (Å²) in [6.45, 7) is 6.02.